The second-order valence-electron chi connectivity index (χ2n) is 3.39. The van der Waals surface area contributed by atoms with Crippen LogP contribution in [0.15, 0.2) is 35.5 Å². The number of thioether (sulfide) groups is 1. The van der Waals surface area contributed by atoms with Crippen molar-refractivity contribution in [2.24, 2.45) is 0 Å². The molecule has 0 saturated heterocycles. The van der Waals surface area contributed by atoms with E-state index in [-0.39, 0.29) is 65.4 Å². The first-order valence-electron chi connectivity index (χ1n) is 5.04. The maximum atomic E-state index is 4.25. The van der Waals surface area contributed by atoms with Crippen molar-refractivity contribution in [1.29, 1.82) is 0 Å². The molecule has 0 fully saturated rings. The summed E-state index contributed by atoms with van der Waals surface area (Å²) in [5.74, 6) is 0.522. The molecular weight excluding hydrogens is 410 g/mol. The van der Waals surface area contributed by atoms with Gasteiger partial charge in [0, 0.05) is 65.4 Å². The van der Waals surface area contributed by atoms with E-state index in [1.54, 1.807) is 4.52 Å². The summed E-state index contributed by atoms with van der Waals surface area (Å²) in [6.45, 7) is 0. The molecule has 0 unspecified atom stereocenters. The third-order valence-corrected chi connectivity index (χ3v) is 2.84. The molecule has 2 heterocycles. The topological polar surface area (TPSA) is 43.1 Å². The minimum Gasteiger partial charge on any atom is -0.423 e. The molecule has 3 aromatic rings. The summed E-state index contributed by atoms with van der Waals surface area (Å²) in [6, 6.07) is 9.88. The van der Waals surface area contributed by atoms with E-state index in [1.807, 2.05) is 36.6 Å². The Morgan fingerprint density at radius 2 is 1.89 bits per heavy atom. The van der Waals surface area contributed by atoms with Crippen molar-refractivity contribution in [3.05, 3.63) is 42.7 Å². The molecule has 0 saturated carbocycles. The Bertz CT molecular complexity index is 657. The predicted molar refractivity (Wildman–Crippen MR) is 65.7 cm³/mol. The minimum absolute atomic E-state index is 0. The normalized spacial score (nSPS) is 9.74. The Balaban J connectivity index is 0.000000902. The first kappa shape index (κ1) is 17.4. The van der Waals surface area contributed by atoms with Crippen molar-refractivity contribution in [2.75, 3.05) is 6.26 Å². The summed E-state index contributed by atoms with van der Waals surface area (Å²) in [5.41, 5.74) is 1.80. The zero-order chi connectivity index (χ0) is 11.7. The molecular formula is C12H8N4SY2-2. The van der Waals surface area contributed by atoms with Crippen molar-refractivity contribution in [2.45, 2.75) is 5.16 Å². The van der Waals surface area contributed by atoms with Crippen LogP contribution in [0.1, 0.15) is 0 Å². The summed E-state index contributed by atoms with van der Waals surface area (Å²) in [4.78, 5) is 8.35. The molecule has 0 amide bonds. The van der Waals surface area contributed by atoms with Gasteiger partial charge in [0.2, 0.25) is 0 Å². The SMILES string of the molecule is CSc1nc2n[c-]c(-c3ccccc3)[c-]n2n1.[Y].[Y]. The Morgan fingerprint density at radius 3 is 2.58 bits per heavy atom. The maximum Gasteiger partial charge on any atom is 0.188 e. The Hall–Kier alpha value is 0.328. The van der Waals surface area contributed by atoms with Crippen LogP contribution >= 0.6 is 11.8 Å². The first-order chi connectivity index (χ1) is 8.36. The second-order valence-corrected chi connectivity index (χ2v) is 4.16. The van der Waals surface area contributed by atoms with Gasteiger partial charge >= 0.3 is 0 Å². The van der Waals surface area contributed by atoms with Crippen LogP contribution in [-0.2, 0) is 65.4 Å². The largest absolute Gasteiger partial charge is 0.423 e. The summed E-state index contributed by atoms with van der Waals surface area (Å²) >= 11 is 1.48. The van der Waals surface area contributed by atoms with E-state index >= 15 is 0 Å². The van der Waals surface area contributed by atoms with Gasteiger partial charge in [-0.05, 0) is 6.26 Å². The quantitative estimate of drug-likeness (QED) is 0.473. The van der Waals surface area contributed by atoms with Crippen LogP contribution in [0.3, 0.4) is 0 Å². The van der Waals surface area contributed by atoms with Crippen molar-refractivity contribution < 1.29 is 65.4 Å². The van der Waals surface area contributed by atoms with Gasteiger partial charge in [0.15, 0.2) is 5.16 Å². The third kappa shape index (κ3) is 3.92. The molecule has 2 aromatic heterocycles. The number of fused-ring (bicyclic) bond motifs is 1. The Kier molecular flexibility index (Phi) is 7.26. The molecule has 0 aliphatic heterocycles. The van der Waals surface area contributed by atoms with E-state index in [0.29, 0.717) is 10.9 Å². The maximum absolute atomic E-state index is 4.25. The van der Waals surface area contributed by atoms with Crippen LogP contribution in [0.25, 0.3) is 16.9 Å². The Morgan fingerprint density at radius 1 is 1.16 bits per heavy atom. The summed E-state index contributed by atoms with van der Waals surface area (Å²) < 4.78 is 1.56. The standard InChI is InChI=1S/C12H8N4S.2Y/c1-17-12-14-11-13-7-10(8-16(11)15-12)9-5-3-2-4-6-9;;/h2-6H,1H3;;/q-2;;. The molecule has 0 N–H and O–H groups in total. The van der Waals surface area contributed by atoms with Crippen LogP contribution < -0.4 is 0 Å². The monoisotopic (exact) mass is 418 g/mol. The molecule has 0 spiro atoms. The predicted octanol–water partition coefficient (Wildman–Crippen LogP) is 2.11. The van der Waals surface area contributed by atoms with Crippen molar-refractivity contribution >= 4 is 17.5 Å². The molecule has 4 nitrogen and oxygen atoms in total. The van der Waals surface area contributed by atoms with E-state index in [9.17, 15) is 0 Å². The summed E-state index contributed by atoms with van der Waals surface area (Å²) in [7, 11) is 0. The van der Waals surface area contributed by atoms with Crippen LogP contribution in [0, 0.1) is 12.4 Å². The van der Waals surface area contributed by atoms with Crippen LogP contribution in [0.5, 0.6) is 0 Å². The fraction of sp³-hybridized carbons (Fsp3) is 0.0833. The van der Waals surface area contributed by atoms with Gasteiger partial charge in [-0.1, -0.05) is 30.0 Å². The van der Waals surface area contributed by atoms with Crippen LogP contribution in [0.4, 0.5) is 0 Å². The molecule has 1 aromatic carbocycles. The fourth-order valence-electron chi connectivity index (χ4n) is 1.49. The molecule has 3 rings (SSSR count). The number of rotatable bonds is 2. The molecule has 19 heavy (non-hydrogen) atoms. The molecule has 0 atom stereocenters. The first-order valence-corrected chi connectivity index (χ1v) is 6.26. The molecule has 0 bridgehead atoms. The van der Waals surface area contributed by atoms with Gasteiger partial charge < -0.3 is 9.50 Å². The molecule has 0 aliphatic rings. The van der Waals surface area contributed by atoms with Gasteiger partial charge in [0.05, 0.1) is 5.78 Å². The van der Waals surface area contributed by atoms with Gasteiger partial charge in [-0.2, -0.15) is 23.1 Å². The van der Waals surface area contributed by atoms with Gasteiger partial charge in [-0.25, -0.2) is 5.56 Å². The smallest absolute Gasteiger partial charge is 0.188 e. The van der Waals surface area contributed by atoms with E-state index in [1.165, 1.54) is 11.8 Å². The fourth-order valence-corrected chi connectivity index (χ4v) is 1.83. The average molecular weight is 418 g/mol. The van der Waals surface area contributed by atoms with Crippen molar-refractivity contribution in [3.8, 4) is 11.1 Å². The molecule has 2 radical (unpaired) electrons. The van der Waals surface area contributed by atoms with Gasteiger partial charge in [0.25, 0.3) is 0 Å². The average Bonchev–Trinajstić information content (AvgIpc) is 2.81. The minimum atomic E-state index is 0. The molecule has 90 valence electrons. The van der Waals surface area contributed by atoms with E-state index in [0.717, 1.165) is 11.1 Å². The second kappa shape index (κ2) is 7.94. The van der Waals surface area contributed by atoms with E-state index in [4.69, 9.17) is 0 Å². The van der Waals surface area contributed by atoms with Gasteiger partial charge in [0.1, 0.15) is 0 Å². The van der Waals surface area contributed by atoms with Crippen LogP contribution in [-0.4, -0.2) is 25.8 Å². The van der Waals surface area contributed by atoms with E-state index < -0.39 is 0 Å². The number of nitrogens with zero attached hydrogens (tertiary/aromatic N) is 4. The zero-order valence-corrected chi connectivity index (χ0v) is 16.7. The molecule has 7 heteroatoms. The van der Waals surface area contributed by atoms with Crippen molar-refractivity contribution in [3.63, 3.8) is 0 Å². The number of benzene rings is 1. The third-order valence-electron chi connectivity index (χ3n) is 2.30. The van der Waals surface area contributed by atoms with Gasteiger partial charge in [-0.3, -0.25) is 4.98 Å². The Labute approximate surface area is 165 Å². The van der Waals surface area contributed by atoms with Crippen molar-refractivity contribution in [1.82, 2.24) is 19.6 Å². The van der Waals surface area contributed by atoms with E-state index in [2.05, 4.69) is 27.5 Å². The van der Waals surface area contributed by atoms with Crippen LogP contribution in [0.2, 0.25) is 0 Å². The summed E-state index contributed by atoms with van der Waals surface area (Å²) in [6.07, 6.45) is 7.96. The molecule has 0 aliphatic carbocycles. The zero-order valence-electron chi connectivity index (χ0n) is 10.2. The van der Waals surface area contributed by atoms with Gasteiger partial charge in [-0.15, -0.1) is 12.1 Å². The summed E-state index contributed by atoms with van der Waals surface area (Å²) in [5, 5.41) is 4.94. The number of hydrogen-bond donors (Lipinski definition) is 0. The number of aromatic nitrogens is 4. The number of hydrogen-bond acceptors (Lipinski definition) is 4.